The van der Waals surface area contributed by atoms with E-state index >= 15 is 0 Å². The Kier molecular flexibility index (Phi) is 4.66. The van der Waals surface area contributed by atoms with E-state index in [1.54, 1.807) is 0 Å². The van der Waals surface area contributed by atoms with Crippen LogP contribution in [0.15, 0.2) is 96.2 Å². The third-order valence-electron chi connectivity index (χ3n) is 4.52. The maximum absolute atomic E-state index is 4.91. The molecule has 0 aliphatic carbocycles. The lowest BCUT2D eigenvalue weighted by Gasteiger charge is -2.23. The quantitative estimate of drug-likeness (QED) is 0.467. The first-order valence-corrected chi connectivity index (χ1v) is 8.59. The van der Waals surface area contributed by atoms with Gasteiger partial charge in [-0.2, -0.15) is 5.43 Å². The van der Waals surface area contributed by atoms with Crippen LogP contribution in [0.25, 0.3) is 10.9 Å². The maximum Gasteiger partial charge on any atom is 0.279 e. The molecule has 6 heteroatoms. The molecule has 0 atom stereocenters. The number of hydrogen-bond donors (Lipinski definition) is 2. The Balaban J connectivity index is 0.00000180. The molecule has 0 amide bonds. The van der Waals surface area contributed by atoms with Crippen molar-refractivity contribution >= 4 is 28.1 Å². The van der Waals surface area contributed by atoms with Crippen LogP contribution in [-0.2, 0) is 0 Å². The van der Waals surface area contributed by atoms with Gasteiger partial charge in [0.15, 0.2) is 0 Å². The number of quaternary nitrogens is 1. The summed E-state index contributed by atoms with van der Waals surface area (Å²) in [5, 5.41) is 10.1. The van der Waals surface area contributed by atoms with E-state index in [1.807, 2.05) is 53.8 Å². The van der Waals surface area contributed by atoms with Gasteiger partial charge in [-0.25, -0.2) is 0 Å². The van der Waals surface area contributed by atoms with Gasteiger partial charge < -0.3 is 22.0 Å². The number of para-hydroxylation sites is 3. The van der Waals surface area contributed by atoms with E-state index < -0.39 is 0 Å². The highest BCUT2D eigenvalue weighted by Gasteiger charge is 2.32. The lowest BCUT2D eigenvalue weighted by atomic mass is 10.1. The first-order chi connectivity index (χ1) is 12.9. The molecular formula is C21H18BrN5. The predicted octanol–water partition coefficient (Wildman–Crippen LogP) is 0.254. The van der Waals surface area contributed by atoms with Crippen LogP contribution in [0.1, 0.15) is 5.56 Å². The molecule has 0 saturated carbocycles. The van der Waals surface area contributed by atoms with Crippen LogP contribution >= 0.6 is 0 Å². The van der Waals surface area contributed by atoms with Crippen molar-refractivity contribution in [2.75, 3.05) is 10.2 Å². The zero-order valence-corrected chi connectivity index (χ0v) is 16.0. The van der Waals surface area contributed by atoms with Crippen molar-refractivity contribution in [2.45, 2.75) is 0 Å². The predicted molar refractivity (Wildman–Crippen MR) is 105 cm³/mol. The standard InChI is InChI=1S/C21H17N5.BrH/c1-3-9-16(10-4-1)25-23-21(24-26(25)17-11-5-2-6-12-17)19-15-22-20-14-8-7-13-18(19)20;/h1-15,22H,(H,23,24);1H. The number of benzene rings is 3. The van der Waals surface area contributed by atoms with Gasteiger partial charge in [-0.1, -0.05) is 59.7 Å². The van der Waals surface area contributed by atoms with Crippen LogP contribution < -0.4 is 32.6 Å². The van der Waals surface area contributed by atoms with Gasteiger partial charge in [0.1, 0.15) is 5.69 Å². The van der Waals surface area contributed by atoms with Crippen molar-refractivity contribution in [3.63, 3.8) is 0 Å². The Morgan fingerprint density at radius 3 is 2.11 bits per heavy atom. The van der Waals surface area contributed by atoms with Gasteiger partial charge in [0.25, 0.3) is 5.84 Å². The molecule has 4 aromatic rings. The van der Waals surface area contributed by atoms with Crippen LogP contribution in [-0.4, -0.2) is 10.8 Å². The topological polar surface area (TPSA) is 51.2 Å². The molecule has 0 fully saturated rings. The monoisotopic (exact) mass is 419 g/mol. The van der Waals surface area contributed by atoms with Gasteiger partial charge in [0.05, 0.1) is 11.3 Å². The number of fused-ring (bicyclic) bond motifs is 1. The summed E-state index contributed by atoms with van der Waals surface area (Å²) < 4.78 is 0. The number of amidine groups is 1. The Bertz CT molecular complexity index is 1080. The lowest BCUT2D eigenvalue weighted by molar-refractivity contribution is -0.545. The zero-order chi connectivity index (χ0) is 17.3. The molecule has 134 valence electrons. The summed E-state index contributed by atoms with van der Waals surface area (Å²) >= 11 is 0. The van der Waals surface area contributed by atoms with E-state index in [0.29, 0.717) is 0 Å². The number of rotatable bonds is 3. The second kappa shape index (κ2) is 7.26. The van der Waals surface area contributed by atoms with Gasteiger partial charge in [-0.05, 0) is 30.3 Å². The summed E-state index contributed by atoms with van der Waals surface area (Å²) in [5.41, 5.74) is 6.37. The summed E-state index contributed by atoms with van der Waals surface area (Å²) in [5.74, 6) is 0.926. The number of hydrazine groups is 1. The molecule has 3 aromatic carbocycles. The molecule has 0 bridgehead atoms. The molecule has 1 aromatic heterocycles. The van der Waals surface area contributed by atoms with E-state index in [0.717, 1.165) is 28.3 Å². The molecule has 0 spiro atoms. The minimum Gasteiger partial charge on any atom is -1.00 e. The highest BCUT2D eigenvalue weighted by molar-refractivity contribution is 6.06. The summed E-state index contributed by atoms with van der Waals surface area (Å²) in [6, 6.07) is 28.7. The Hall–Kier alpha value is -3.09. The van der Waals surface area contributed by atoms with Crippen molar-refractivity contribution in [2.24, 2.45) is 5.10 Å². The second-order valence-electron chi connectivity index (χ2n) is 6.17. The summed E-state index contributed by atoms with van der Waals surface area (Å²) in [6.45, 7) is 0. The first kappa shape index (κ1) is 17.3. The van der Waals surface area contributed by atoms with E-state index in [-0.39, 0.29) is 17.0 Å². The molecule has 0 radical (unpaired) electrons. The largest absolute Gasteiger partial charge is 1.00 e. The Labute approximate surface area is 167 Å². The summed E-state index contributed by atoms with van der Waals surface area (Å²) in [6.07, 6.45) is 2.03. The number of hydrazone groups is 1. The van der Waals surface area contributed by atoms with E-state index in [9.17, 15) is 0 Å². The third-order valence-corrected chi connectivity index (χ3v) is 4.52. The molecule has 5 nitrogen and oxygen atoms in total. The van der Waals surface area contributed by atoms with Crippen molar-refractivity contribution in [3.05, 3.63) is 96.7 Å². The molecule has 1 aliphatic heterocycles. The van der Waals surface area contributed by atoms with E-state index in [4.69, 9.17) is 5.10 Å². The number of nitrogens with zero attached hydrogens (tertiary/aromatic N) is 3. The number of nitrogens with two attached hydrogens (primary N) is 1. The SMILES string of the molecule is [Br-].c1ccc(N2N=C(c3c[nH]c4ccccc34)[NH2+]N2c2ccccc2)cc1. The smallest absolute Gasteiger partial charge is 0.279 e. The van der Waals surface area contributed by atoms with Crippen LogP contribution in [0.5, 0.6) is 0 Å². The van der Waals surface area contributed by atoms with Crippen LogP contribution in [0.2, 0.25) is 0 Å². The van der Waals surface area contributed by atoms with Crippen LogP contribution in [0, 0.1) is 0 Å². The molecule has 1 aliphatic rings. The average Bonchev–Trinajstić information content (AvgIpc) is 3.34. The molecule has 27 heavy (non-hydrogen) atoms. The minimum atomic E-state index is 0. The Morgan fingerprint density at radius 2 is 1.37 bits per heavy atom. The third kappa shape index (κ3) is 3.09. The number of anilines is 2. The fraction of sp³-hybridized carbons (Fsp3) is 0. The molecule has 0 unspecified atom stereocenters. The van der Waals surface area contributed by atoms with Crippen molar-refractivity contribution < 1.29 is 22.4 Å². The number of H-pyrrole nitrogens is 1. The van der Waals surface area contributed by atoms with Crippen molar-refractivity contribution in [3.8, 4) is 0 Å². The normalized spacial score (nSPS) is 13.6. The van der Waals surface area contributed by atoms with Crippen LogP contribution in [0.4, 0.5) is 11.4 Å². The first-order valence-electron chi connectivity index (χ1n) is 8.59. The van der Waals surface area contributed by atoms with Gasteiger partial charge >= 0.3 is 0 Å². The van der Waals surface area contributed by atoms with Gasteiger partial charge in [0.2, 0.25) is 0 Å². The highest BCUT2D eigenvalue weighted by atomic mass is 79.9. The molecule has 5 rings (SSSR count). The number of aromatic amines is 1. The number of aromatic nitrogens is 1. The number of hydrogen-bond acceptors (Lipinski definition) is 3. The van der Waals surface area contributed by atoms with E-state index in [1.165, 1.54) is 5.39 Å². The number of halogens is 1. The van der Waals surface area contributed by atoms with Gasteiger partial charge in [-0.3, -0.25) is 0 Å². The molecule has 0 saturated heterocycles. The fourth-order valence-corrected chi connectivity index (χ4v) is 3.26. The van der Waals surface area contributed by atoms with Crippen molar-refractivity contribution in [1.29, 1.82) is 0 Å². The zero-order valence-electron chi connectivity index (χ0n) is 14.5. The fourth-order valence-electron chi connectivity index (χ4n) is 3.26. The lowest BCUT2D eigenvalue weighted by Crippen LogP contribution is -3.00. The van der Waals surface area contributed by atoms with Crippen molar-refractivity contribution in [1.82, 2.24) is 4.98 Å². The number of nitrogens with one attached hydrogen (secondary N) is 1. The van der Waals surface area contributed by atoms with E-state index in [2.05, 4.69) is 58.0 Å². The molecule has 3 N–H and O–H groups in total. The molecule has 2 heterocycles. The Morgan fingerprint density at radius 1 is 0.741 bits per heavy atom. The minimum absolute atomic E-state index is 0. The van der Waals surface area contributed by atoms with Gasteiger partial charge in [0, 0.05) is 17.1 Å². The summed E-state index contributed by atoms with van der Waals surface area (Å²) in [4.78, 5) is 3.34. The highest BCUT2D eigenvalue weighted by Crippen LogP contribution is 2.24. The second-order valence-corrected chi connectivity index (χ2v) is 6.17. The summed E-state index contributed by atoms with van der Waals surface area (Å²) in [7, 11) is 0. The average molecular weight is 420 g/mol. The van der Waals surface area contributed by atoms with Crippen LogP contribution in [0.3, 0.4) is 0 Å². The molecular weight excluding hydrogens is 402 g/mol. The maximum atomic E-state index is 4.91. The van der Waals surface area contributed by atoms with Gasteiger partial charge in [-0.15, -0.1) is 10.2 Å².